The van der Waals surface area contributed by atoms with Crippen LogP contribution in [0.5, 0.6) is 0 Å². The van der Waals surface area contributed by atoms with E-state index in [1.165, 1.54) is 6.20 Å². The topological polar surface area (TPSA) is 83.5 Å². The van der Waals surface area contributed by atoms with Crippen molar-refractivity contribution in [3.05, 3.63) is 11.9 Å². The van der Waals surface area contributed by atoms with E-state index in [9.17, 15) is 13.2 Å². The largest absolute Gasteiger partial charge is 0.335 e. The molecule has 0 saturated carbocycles. The van der Waals surface area contributed by atoms with Gasteiger partial charge in [0.05, 0.1) is 29.4 Å². The van der Waals surface area contributed by atoms with Gasteiger partial charge in [-0.3, -0.25) is 9.69 Å². The standard InChI is InChI=1S/C11H16N4O3S2/c16-11(10-7-12-19-13-10)15-4-2-14(3-5-15)9-1-6-20(17,18)8-9/h7,9H,1-6,8H2/t9-/m1/s1. The monoisotopic (exact) mass is 316 g/mol. The summed E-state index contributed by atoms with van der Waals surface area (Å²) in [7, 11) is -2.85. The Morgan fingerprint density at radius 3 is 2.60 bits per heavy atom. The second kappa shape index (κ2) is 5.38. The lowest BCUT2D eigenvalue weighted by Crippen LogP contribution is -2.52. The van der Waals surface area contributed by atoms with Crippen molar-refractivity contribution in [1.29, 1.82) is 0 Å². The third-order valence-corrected chi connectivity index (χ3v) is 6.14. The molecule has 1 atom stereocenters. The molecule has 0 bridgehead atoms. The maximum Gasteiger partial charge on any atom is 0.275 e. The molecule has 0 N–H and O–H groups in total. The molecule has 2 saturated heterocycles. The van der Waals surface area contributed by atoms with Crippen LogP contribution in [0.1, 0.15) is 16.9 Å². The lowest BCUT2D eigenvalue weighted by Gasteiger charge is -2.37. The van der Waals surface area contributed by atoms with Crippen LogP contribution < -0.4 is 0 Å². The van der Waals surface area contributed by atoms with Crippen LogP contribution in [-0.4, -0.2) is 76.6 Å². The van der Waals surface area contributed by atoms with Gasteiger partial charge in [0.1, 0.15) is 0 Å². The predicted molar refractivity (Wildman–Crippen MR) is 74.4 cm³/mol. The summed E-state index contributed by atoms with van der Waals surface area (Å²) in [6.07, 6.45) is 2.20. The van der Waals surface area contributed by atoms with Crippen LogP contribution in [0, 0.1) is 0 Å². The Kier molecular flexibility index (Phi) is 3.74. The molecule has 1 aromatic rings. The summed E-state index contributed by atoms with van der Waals surface area (Å²) in [5, 5.41) is 0. The molecule has 7 nitrogen and oxygen atoms in total. The van der Waals surface area contributed by atoms with Gasteiger partial charge in [0, 0.05) is 32.2 Å². The number of carbonyl (C=O) groups excluding carboxylic acids is 1. The summed E-state index contributed by atoms with van der Waals surface area (Å²) in [6.45, 7) is 2.69. The number of amides is 1. The maximum atomic E-state index is 12.1. The van der Waals surface area contributed by atoms with Gasteiger partial charge in [0.15, 0.2) is 15.5 Å². The first-order valence-electron chi connectivity index (χ1n) is 6.56. The van der Waals surface area contributed by atoms with E-state index >= 15 is 0 Å². The normalized spacial score (nSPS) is 26.8. The Morgan fingerprint density at radius 2 is 2.05 bits per heavy atom. The maximum absolute atomic E-state index is 12.1. The highest BCUT2D eigenvalue weighted by atomic mass is 32.2. The van der Waals surface area contributed by atoms with Gasteiger partial charge in [0.25, 0.3) is 5.91 Å². The van der Waals surface area contributed by atoms with Crippen LogP contribution in [-0.2, 0) is 9.84 Å². The minimum atomic E-state index is -2.85. The van der Waals surface area contributed by atoms with Gasteiger partial charge in [-0.1, -0.05) is 0 Å². The molecule has 0 unspecified atom stereocenters. The van der Waals surface area contributed by atoms with Gasteiger partial charge in [-0.25, -0.2) is 8.42 Å². The molecule has 2 aliphatic rings. The minimum absolute atomic E-state index is 0.0857. The third kappa shape index (κ3) is 2.84. The summed E-state index contributed by atoms with van der Waals surface area (Å²) in [5.41, 5.74) is 0.395. The van der Waals surface area contributed by atoms with Gasteiger partial charge in [0.2, 0.25) is 0 Å². The average Bonchev–Trinajstić information content (AvgIpc) is 3.07. The smallest absolute Gasteiger partial charge is 0.275 e. The van der Waals surface area contributed by atoms with Gasteiger partial charge in [-0.2, -0.15) is 8.75 Å². The van der Waals surface area contributed by atoms with Crippen LogP contribution in [0.3, 0.4) is 0 Å². The van der Waals surface area contributed by atoms with Gasteiger partial charge in [-0.05, 0) is 6.42 Å². The number of aromatic nitrogens is 2. The Bertz CT molecular complexity index is 579. The molecule has 0 aromatic carbocycles. The zero-order valence-electron chi connectivity index (χ0n) is 10.9. The van der Waals surface area contributed by atoms with E-state index in [0.717, 1.165) is 24.8 Å². The molecular formula is C11H16N4O3S2. The summed E-state index contributed by atoms with van der Waals surface area (Å²) in [4.78, 5) is 16.1. The Hall–Kier alpha value is -1.06. The Balaban J connectivity index is 1.56. The van der Waals surface area contributed by atoms with Crippen LogP contribution in [0.4, 0.5) is 0 Å². The third-order valence-electron chi connectivity index (χ3n) is 3.91. The van der Waals surface area contributed by atoms with Crippen LogP contribution in [0.2, 0.25) is 0 Å². The summed E-state index contributed by atoms with van der Waals surface area (Å²) < 4.78 is 30.8. The highest BCUT2D eigenvalue weighted by molar-refractivity contribution is 7.91. The van der Waals surface area contributed by atoms with Crippen LogP contribution >= 0.6 is 11.7 Å². The lowest BCUT2D eigenvalue weighted by molar-refractivity contribution is 0.0583. The van der Waals surface area contributed by atoms with E-state index in [1.807, 2.05) is 0 Å². The molecule has 9 heteroatoms. The van der Waals surface area contributed by atoms with Crippen LogP contribution in [0.25, 0.3) is 0 Å². The van der Waals surface area contributed by atoms with Crippen molar-refractivity contribution in [2.24, 2.45) is 0 Å². The fourth-order valence-electron chi connectivity index (χ4n) is 2.77. The fourth-order valence-corrected chi connectivity index (χ4v) is 4.94. The number of hydrogen-bond acceptors (Lipinski definition) is 7. The van der Waals surface area contributed by atoms with Crippen molar-refractivity contribution in [3.8, 4) is 0 Å². The summed E-state index contributed by atoms with van der Waals surface area (Å²) >= 11 is 1.03. The zero-order chi connectivity index (χ0) is 14.2. The highest BCUT2D eigenvalue weighted by Crippen LogP contribution is 2.19. The van der Waals surface area contributed by atoms with E-state index in [2.05, 4.69) is 13.6 Å². The molecule has 2 aliphatic heterocycles. The van der Waals surface area contributed by atoms with Crippen molar-refractivity contribution in [3.63, 3.8) is 0 Å². The van der Waals surface area contributed by atoms with Gasteiger partial charge < -0.3 is 4.90 Å². The van der Waals surface area contributed by atoms with E-state index < -0.39 is 9.84 Å². The quantitative estimate of drug-likeness (QED) is 0.730. The molecule has 1 amide bonds. The molecule has 0 spiro atoms. The molecule has 0 radical (unpaired) electrons. The number of piperazine rings is 1. The molecule has 3 rings (SSSR count). The first-order chi connectivity index (χ1) is 9.55. The highest BCUT2D eigenvalue weighted by Gasteiger charge is 2.34. The Labute approximate surface area is 121 Å². The number of rotatable bonds is 2. The first kappa shape index (κ1) is 13.9. The average molecular weight is 316 g/mol. The van der Waals surface area contributed by atoms with Crippen molar-refractivity contribution in [2.75, 3.05) is 37.7 Å². The molecule has 110 valence electrons. The number of hydrogen-bond donors (Lipinski definition) is 0. The second-order valence-electron chi connectivity index (χ2n) is 5.18. The predicted octanol–water partition coefficient (Wildman–Crippen LogP) is -0.517. The number of carbonyl (C=O) groups is 1. The molecular weight excluding hydrogens is 300 g/mol. The summed E-state index contributed by atoms with van der Waals surface area (Å²) in [5.74, 6) is 0.468. The lowest BCUT2D eigenvalue weighted by atomic mass is 10.2. The van der Waals surface area contributed by atoms with Gasteiger partial charge >= 0.3 is 0 Å². The SMILES string of the molecule is O=C(c1cnsn1)N1CCN([C@@H]2CCS(=O)(=O)C2)CC1. The van der Waals surface area contributed by atoms with E-state index in [0.29, 0.717) is 31.0 Å². The van der Waals surface area contributed by atoms with Crippen molar-refractivity contribution in [1.82, 2.24) is 18.5 Å². The molecule has 3 heterocycles. The van der Waals surface area contributed by atoms with Crippen molar-refractivity contribution >= 4 is 27.5 Å². The summed E-state index contributed by atoms with van der Waals surface area (Å²) in [6, 6.07) is 0.123. The Morgan fingerprint density at radius 1 is 1.30 bits per heavy atom. The van der Waals surface area contributed by atoms with Crippen LogP contribution in [0.15, 0.2) is 6.20 Å². The first-order valence-corrected chi connectivity index (χ1v) is 9.12. The second-order valence-corrected chi connectivity index (χ2v) is 7.96. The minimum Gasteiger partial charge on any atom is -0.335 e. The van der Waals surface area contributed by atoms with Crippen molar-refractivity contribution < 1.29 is 13.2 Å². The van der Waals surface area contributed by atoms with E-state index in [-0.39, 0.29) is 17.7 Å². The molecule has 0 aliphatic carbocycles. The zero-order valence-corrected chi connectivity index (χ0v) is 12.6. The number of nitrogens with zero attached hydrogens (tertiary/aromatic N) is 4. The van der Waals surface area contributed by atoms with Gasteiger partial charge in [-0.15, -0.1) is 0 Å². The molecule has 20 heavy (non-hydrogen) atoms. The van der Waals surface area contributed by atoms with Crippen molar-refractivity contribution in [2.45, 2.75) is 12.5 Å². The van der Waals surface area contributed by atoms with E-state index in [1.54, 1.807) is 4.90 Å². The molecule has 1 aromatic heterocycles. The number of sulfone groups is 1. The molecule has 2 fully saturated rings. The fraction of sp³-hybridized carbons (Fsp3) is 0.727. The van der Waals surface area contributed by atoms with E-state index in [4.69, 9.17) is 0 Å².